The van der Waals surface area contributed by atoms with Gasteiger partial charge in [0, 0.05) is 18.0 Å². The average Bonchev–Trinajstić information content (AvgIpc) is 2.05. The van der Waals surface area contributed by atoms with Gasteiger partial charge in [0.2, 0.25) is 0 Å². The highest BCUT2D eigenvalue weighted by Gasteiger charge is 2.21. The molecule has 1 aliphatic rings. The van der Waals surface area contributed by atoms with E-state index in [1.54, 1.807) is 11.8 Å². The summed E-state index contributed by atoms with van der Waals surface area (Å²) in [7, 11) is 0. The molecular weight excluding hydrogens is 180 g/mol. The molecule has 0 bridgehead atoms. The smallest absolute Gasteiger partial charge is 0.126 e. The summed E-state index contributed by atoms with van der Waals surface area (Å²) in [6.07, 6.45) is 0. The van der Waals surface area contributed by atoms with Gasteiger partial charge in [-0.2, -0.15) is 0 Å². The number of allylic oxidation sites excluding steroid dienone is 1. The van der Waals surface area contributed by atoms with E-state index >= 15 is 0 Å². The summed E-state index contributed by atoms with van der Waals surface area (Å²) in [5, 5.41) is 0. The van der Waals surface area contributed by atoms with Crippen LogP contribution in [0.25, 0.3) is 0 Å². The van der Waals surface area contributed by atoms with Crippen LogP contribution in [0.5, 0.6) is 0 Å². The first-order chi connectivity index (χ1) is 6.02. The van der Waals surface area contributed by atoms with Crippen molar-refractivity contribution in [2.75, 3.05) is 12.3 Å². The van der Waals surface area contributed by atoms with E-state index in [4.69, 9.17) is 5.73 Å². The third-order valence-corrected chi connectivity index (χ3v) is 3.46. The zero-order valence-electron chi connectivity index (χ0n) is 8.63. The summed E-state index contributed by atoms with van der Waals surface area (Å²) in [5.41, 5.74) is 9.99. The number of nitrogens with zero attached hydrogens (tertiary/aromatic N) is 1. The van der Waals surface area contributed by atoms with E-state index in [0.29, 0.717) is 0 Å². The normalized spacial score (nSPS) is 23.7. The van der Waals surface area contributed by atoms with Crippen molar-refractivity contribution >= 4 is 11.8 Å². The Bertz CT molecular complexity index is 245. The monoisotopic (exact) mass is 198 g/mol. The van der Waals surface area contributed by atoms with Crippen LogP contribution in [0.3, 0.4) is 0 Å². The topological polar surface area (TPSA) is 29.3 Å². The Hall–Kier alpha value is -0.410. The van der Waals surface area contributed by atoms with Crippen molar-refractivity contribution in [3.05, 3.63) is 23.4 Å². The molecular formula is C10H18N2S. The zero-order valence-corrected chi connectivity index (χ0v) is 9.45. The third-order valence-electron chi connectivity index (χ3n) is 2.27. The Kier molecular flexibility index (Phi) is 3.45. The molecule has 1 unspecified atom stereocenters. The largest absolute Gasteiger partial charge is 0.347 e. The van der Waals surface area contributed by atoms with Crippen LogP contribution in [0.15, 0.2) is 23.4 Å². The molecule has 0 radical (unpaired) electrons. The van der Waals surface area contributed by atoms with Gasteiger partial charge in [-0.3, -0.25) is 0 Å². The molecule has 2 N–H and O–H groups in total. The van der Waals surface area contributed by atoms with E-state index in [0.717, 1.165) is 17.9 Å². The first kappa shape index (κ1) is 10.7. The molecule has 0 spiro atoms. The summed E-state index contributed by atoms with van der Waals surface area (Å²) in [4.78, 5) is 2.21. The van der Waals surface area contributed by atoms with Gasteiger partial charge in [-0.1, -0.05) is 12.2 Å². The number of hydrogen-bond acceptors (Lipinski definition) is 3. The van der Waals surface area contributed by atoms with Crippen LogP contribution in [0.2, 0.25) is 0 Å². The van der Waals surface area contributed by atoms with E-state index < -0.39 is 0 Å². The Morgan fingerprint density at radius 2 is 2.31 bits per heavy atom. The Morgan fingerprint density at radius 3 is 2.85 bits per heavy atom. The molecule has 3 heteroatoms. The first-order valence-corrected chi connectivity index (χ1v) is 5.52. The van der Waals surface area contributed by atoms with E-state index in [1.807, 2.05) is 6.92 Å². The van der Waals surface area contributed by atoms with Gasteiger partial charge in [0.05, 0.1) is 0 Å². The van der Waals surface area contributed by atoms with Gasteiger partial charge < -0.3 is 10.6 Å². The van der Waals surface area contributed by atoms with Gasteiger partial charge in [-0.15, -0.1) is 11.8 Å². The number of hydrogen-bond donors (Lipinski definition) is 1. The molecule has 74 valence electrons. The number of rotatable bonds is 2. The molecule has 13 heavy (non-hydrogen) atoms. The predicted molar refractivity (Wildman–Crippen MR) is 60.3 cm³/mol. The van der Waals surface area contributed by atoms with Gasteiger partial charge in [-0.25, -0.2) is 0 Å². The maximum atomic E-state index is 5.99. The molecule has 0 aromatic rings. The summed E-state index contributed by atoms with van der Waals surface area (Å²) < 4.78 is 0. The lowest BCUT2D eigenvalue weighted by Crippen LogP contribution is -2.42. The lowest BCUT2D eigenvalue weighted by Gasteiger charge is -2.36. The maximum Gasteiger partial charge on any atom is 0.126 e. The first-order valence-electron chi connectivity index (χ1n) is 4.47. The van der Waals surface area contributed by atoms with Crippen LogP contribution in [-0.2, 0) is 0 Å². The molecule has 0 fully saturated rings. The van der Waals surface area contributed by atoms with E-state index in [9.17, 15) is 0 Å². The quantitative estimate of drug-likeness (QED) is 0.689. The summed E-state index contributed by atoms with van der Waals surface area (Å²) in [6.45, 7) is 11.1. The molecule has 1 aliphatic heterocycles. The molecule has 1 rings (SSSR count). The molecule has 2 nitrogen and oxygen atoms in total. The van der Waals surface area contributed by atoms with E-state index in [2.05, 4.69) is 25.3 Å². The highest BCUT2D eigenvalue weighted by molar-refractivity contribution is 8.00. The molecule has 0 saturated carbocycles. The second-order valence-electron chi connectivity index (χ2n) is 3.65. The molecule has 1 heterocycles. The minimum absolute atomic E-state index is 0.0976. The Balaban J connectivity index is 2.78. The number of nitrogens with two attached hydrogens (primary N) is 1. The molecule has 1 atom stereocenters. The Labute approximate surface area is 84.9 Å². The predicted octanol–water partition coefficient (Wildman–Crippen LogP) is 2.15. The number of thioether (sulfide) groups is 1. The maximum absolute atomic E-state index is 5.99. The van der Waals surface area contributed by atoms with Crippen molar-refractivity contribution < 1.29 is 0 Å². The van der Waals surface area contributed by atoms with Gasteiger partial charge in [0.25, 0.3) is 0 Å². The van der Waals surface area contributed by atoms with Crippen molar-refractivity contribution in [2.24, 2.45) is 5.73 Å². The highest BCUT2D eigenvalue weighted by Crippen LogP contribution is 2.27. The van der Waals surface area contributed by atoms with Crippen molar-refractivity contribution in [1.82, 2.24) is 4.90 Å². The summed E-state index contributed by atoms with van der Waals surface area (Å²) in [5.74, 6) is 1.06. The van der Waals surface area contributed by atoms with Gasteiger partial charge >= 0.3 is 0 Å². The SMILES string of the molecule is C=C(C)CN1C(C)=C(C)CSC1N. The van der Waals surface area contributed by atoms with Crippen molar-refractivity contribution in [2.45, 2.75) is 26.3 Å². The van der Waals surface area contributed by atoms with Crippen LogP contribution >= 0.6 is 11.8 Å². The van der Waals surface area contributed by atoms with Crippen LogP contribution in [0.4, 0.5) is 0 Å². The molecule has 0 aromatic heterocycles. The van der Waals surface area contributed by atoms with Crippen LogP contribution in [0, 0.1) is 0 Å². The van der Waals surface area contributed by atoms with Crippen molar-refractivity contribution in [1.29, 1.82) is 0 Å². The lowest BCUT2D eigenvalue weighted by molar-refractivity contribution is 0.348. The molecule has 0 aromatic carbocycles. The second-order valence-corrected chi connectivity index (χ2v) is 4.76. The van der Waals surface area contributed by atoms with Crippen LogP contribution < -0.4 is 5.73 Å². The molecule has 0 amide bonds. The van der Waals surface area contributed by atoms with Crippen molar-refractivity contribution in [3.8, 4) is 0 Å². The van der Waals surface area contributed by atoms with Crippen molar-refractivity contribution in [3.63, 3.8) is 0 Å². The minimum Gasteiger partial charge on any atom is -0.347 e. The highest BCUT2D eigenvalue weighted by atomic mass is 32.2. The molecule has 0 aliphatic carbocycles. The summed E-state index contributed by atoms with van der Waals surface area (Å²) >= 11 is 1.78. The van der Waals surface area contributed by atoms with E-state index in [-0.39, 0.29) is 5.50 Å². The fourth-order valence-corrected chi connectivity index (χ4v) is 2.38. The van der Waals surface area contributed by atoms with Gasteiger partial charge in [-0.05, 0) is 26.3 Å². The fourth-order valence-electron chi connectivity index (χ4n) is 1.34. The fraction of sp³-hybridized carbons (Fsp3) is 0.600. The van der Waals surface area contributed by atoms with E-state index in [1.165, 1.54) is 11.3 Å². The summed E-state index contributed by atoms with van der Waals surface area (Å²) in [6, 6.07) is 0. The molecule has 0 saturated heterocycles. The van der Waals surface area contributed by atoms with Crippen LogP contribution in [-0.4, -0.2) is 22.7 Å². The standard InChI is InChI=1S/C10H18N2S/c1-7(2)5-12-9(4)8(3)6-13-10(12)11/h10H,1,5-6,11H2,2-4H3. The third kappa shape index (κ3) is 2.51. The zero-order chi connectivity index (χ0) is 10.0. The second kappa shape index (κ2) is 4.20. The average molecular weight is 198 g/mol. The minimum atomic E-state index is 0.0976. The Morgan fingerprint density at radius 1 is 1.69 bits per heavy atom. The van der Waals surface area contributed by atoms with Gasteiger partial charge in [0.1, 0.15) is 5.50 Å². The van der Waals surface area contributed by atoms with Crippen LogP contribution in [0.1, 0.15) is 20.8 Å². The lowest BCUT2D eigenvalue weighted by atomic mass is 10.2. The van der Waals surface area contributed by atoms with Gasteiger partial charge in [0.15, 0.2) is 0 Å².